The Morgan fingerprint density at radius 3 is 2.00 bits per heavy atom. The van der Waals surface area contributed by atoms with Crippen molar-refractivity contribution in [3.05, 3.63) is 71.9 Å². The number of rotatable bonds is 13. The Hall–Kier alpha value is -4.32. The zero-order valence-corrected chi connectivity index (χ0v) is 20.9. The van der Waals surface area contributed by atoms with Crippen LogP contribution in [-0.2, 0) is 36.8 Å². The summed E-state index contributed by atoms with van der Waals surface area (Å²) in [5.41, 5.74) is 2.16. The van der Waals surface area contributed by atoms with E-state index in [0.29, 0.717) is 5.56 Å². The van der Waals surface area contributed by atoms with Gasteiger partial charge >= 0.3 is 17.9 Å². The third kappa shape index (κ3) is 7.35. The molecule has 1 aromatic heterocycles. The van der Waals surface area contributed by atoms with E-state index in [0.717, 1.165) is 16.5 Å². The molecular weight excluding hydrogens is 514 g/mol. The van der Waals surface area contributed by atoms with Crippen molar-refractivity contribution in [2.24, 2.45) is 5.92 Å². The third-order valence-electron chi connectivity index (χ3n) is 5.99. The molecule has 0 aliphatic carbocycles. The smallest absolute Gasteiger partial charge is 0.326 e. The van der Waals surface area contributed by atoms with Crippen LogP contribution in [0.15, 0.2) is 60.8 Å². The second-order valence-electron chi connectivity index (χ2n) is 8.69. The molecule has 0 fully saturated rings. The summed E-state index contributed by atoms with van der Waals surface area (Å²) in [6, 6.07) is 13.0. The SMILES string of the molecule is O=C(NC(CC(C(=O)O)C(=O)O)C(=O)NC(Cc1c[nH]c2ccccc12)C(=O)O)C(S)Cc1ccccc1. The maximum absolute atomic E-state index is 13.1. The van der Waals surface area contributed by atoms with E-state index in [4.69, 9.17) is 0 Å². The van der Waals surface area contributed by atoms with Gasteiger partial charge in [0.2, 0.25) is 11.8 Å². The van der Waals surface area contributed by atoms with E-state index in [-0.39, 0.29) is 12.8 Å². The summed E-state index contributed by atoms with van der Waals surface area (Å²) in [5, 5.41) is 32.9. The first-order valence-electron chi connectivity index (χ1n) is 11.6. The van der Waals surface area contributed by atoms with Gasteiger partial charge in [-0.25, -0.2) is 4.79 Å². The molecule has 11 nitrogen and oxygen atoms in total. The summed E-state index contributed by atoms with van der Waals surface area (Å²) in [5.74, 6) is -8.56. The van der Waals surface area contributed by atoms with Gasteiger partial charge in [-0.15, -0.1) is 0 Å². The fourth-order valence-electron chi connectivity index (χ4n) is 3.97. The van der Waals surface area contributed by atoms with Gasteiger partial charge in [-0.1, -0.05) is 48.5 Å². The number of hydrogen-bond donors (Lipinski definition) is 7. The van der Waals surface area contributed by atoms with E-state index in [9.17, 15) is 39.3 Å². The molecule has 0 spiro atoms. The first kappa shape index (κ1) is 28.3. The number of carboxylic acids is 3. The number of hydrogen-bond acceptors (Lipinski definition) is 6. The first-order valence-corrected chi connectivity index (χ1v) is 12.1. The number of carbonyl (C=O) groups is 5. The highest BCUT2D eigenvalue weighted by Gasteiger charge is 2.35. The van der Waals surface area contributed by atoms with E-state index in [1.807, 2.05) is 0 Å². The third-order valence-corrected chi connectivity index (χ3v) is 6.41. The summed E-state index contributed by atoms with van der Waals surface area (Å²) in [7, 11) is 0. The lowest BCUT2D eigenvalue weighted by molar-refractivity contribution is -0.155. The van der Waals surface area contributed by atoms with Gasteiger partial charge in [0.15, 0.2) is 5.92 Å². The van der Waals surface area contributed by atoms with Crippen LogP contribution in [0.2, 0.25) is 0 Å². The number of para-hydroxylation sites is 1. The Morgan fingerprint density at radius 2 is 1.37 bits per heavy atom. The Balaban J connectivity index is 1.79. The van der Waals surface area contributed by atoms with Gasteiger partial charge in [-0.05, 0) is 23.6 Å². The second kappa shape index (κ2) is 12.8. The predicted molar refractivity (Wildman–Crippen MR) is 140 cm³/mol. The largest absolute Gasteiger partial charge is 0.481 e. The zero-order valence-electron chi connectivity index (χ0n) is 20.0. The molecule has 2 aromatic carbocycles. The number of aliphatic carboxylic acids is 3. The van der Waals surface area contributed by atoms with Crippen LogP contribution in [0.1, 0.15) is 17.5 Å². The second-order valence-corrected chi connectivity index (χ2v) is 9.32. The molecule has 0 radical (unpaired) electrons. The molecule has 3 aromatic rings. The number of nitrogens with one attached hydrogen (secondary N) is 3. The van der Waals surface area contributed by atoms with E-state index < -0.39 is 59.4 Å². The summed E-state index contributed by atoms with van der Waals surface area (Å²) in [6.07, 6.45) is 0.888. The lowest BCUT2D eigenvalue weighted by Crippen LogP contribution is -2.54. The predicted octanol–water partition coefficient (Wildman–Crippen LogP) is 1.48. The average molecular weight is 542 g/mol. The number of thiol groups is 1. The minimum Gasteiger partial charge on any atom is -0.481 e. The van der Waals surface area contributed by atoms with Crippen molar-refractivity contribution in [3.8, 4) is 0 Å². The van der Waals surface area contributed by atoms with E-state index in [2.05, 4.69) is 28.2 Å². The molecule has 3 unspecified atom stereocenters. The van der Waals surface area contributed by atoms with Gasteiger partial charge in [0.05, 0.1) is 5.25 Å². The van der Waals surface area contributed by atoms with Crippen LogP contribution in [0.3, 0.4) is 0 Å². The molecule has 1 heterocycles. The minimum atomic E-state index is -2.02. The van der Waals surface area contributed by atoms with Crippen molar-refractivity contribution < 1.29 is 39.3 Å². The molecule has 0 aliphatic rings. The number of carboxylic acid groups (broad SMARTS) is 3. The van der Waals surface area contributed by atoms with Crippen LogP contribution < -0.4 is 10.6 Å². The molecule has 38 heavy (non-hydrogen) atoms. The van der Waals surface area contributed by atoms with Crippen LogP contribution in [0.5, 0.6) is 0 Å². The number of carbonyl (C=O) groups excluding carboxylic acids is 2. The zero-order chi connectivity index (χ0) is 27.8. The molecule has 12 heteroatoms. The lowest BCUT2D eigenvalue weighted by Gasteiger charge is -2.24. The fourth-order valence-corrected chi connectivity index (χ4v) is 4.25. The molecule has 6 N–H and O–H groups in total. The minimum absolute atomic E-state index is 0.115. The average Bonchev–Trinajstić information content (AvgIpc) is 3.28. The van der Waals surface area contributed by atoms with Crippen molar-refractivity contribution >= 4 is 53.3 Å². The highest BCUT2D eigenvalue weighted by Crippen LogP contribution is 2.19. The van der Waals surface area contributed by atoms with E-state index in [1.165, 1.54) is 0 Å². The first-order chi connectivity index (χ1) is 18.1. The van der Waals surface area contributed by atoms with Crippen LogP contribution in [0, 0.1) is 5.92 Å². The highest BCUT2D eigenvalue weighted by atomic mass is 32.1. The Kier molecular flexibility index (Phi) is 9.49. The molecule has 200 valence electrons. The number of amides is 2. The van der Waals surface area contributed by atoms with Crippen molar-refractivity contribution in [1.82, 2.24) is 15.6 Å². The number of benzene rings is 2. The summed E-state index contributed by atoms with van der Waals surface area (Å²) in [6.45, 7) is 0. The van der Waals surface area contributed by atoms with E-state index >= 15 is 0 Å². The van der Waals surface area contributed by atoms with Gasteiger partial charge in [-0.2, -0.15) is 12.6 Å². The summed E-state index contributed by atoms with van der Waals surface area (Å²) >= 11 is 4.27. The quantitative estimate of drug-likeness (QED) is 0.125. The Bertz CT molecular complexity index is 1310. The van der Waals surface area contributed by atoms with Crippen molar-refractivity contribution in [2.75, 3.05) is 0 Å². The Morgan fingerprint density at radius 1 is 0.763 bits per heavy atom. The molecule has 0 saturated heterocycles. The molecule has 0 saturated carbocycles. The topological polar surface area (TPSA) is 186 Å². The number of H-pyrrole nitrogens is 1. The molecule has 3 rings (SSSR count). The van der Waals surface area contributed by atoms with Gasteiger partial charge in [0.1, 0.15) is 12.1 Å². The maximum Gasteiger partial charge on any atom is 0.326 e. The monoisotopic (exact) mass is 541 g/mol. The van der Waals surface area contributed by atoms with Crippen LogP contribution in [0.4, 0.5) is 0 Å². The molecule has 0 aliphatic heterocycles. The highest BCUT2D eigenvalue weighted by molar-refractivity contribution is 7.81. The van der Waals surface area contributed by atoms with E-state index in [1.54, 1.807) is 60.8 Å². The van der Waals surface area contributed by atoms with Crippen LogP contribution in [0.25, 0.3) is 10.9 Å². The Labute approximate surface area is 222 Å². The van der Waals surface area contributed by atoms with Gasteiger partial charge in [0.25, 0.3) is 0 Å². The van der Waals surface area contributed by atoms with Crippen molar-refractivity contribution in [1.29, 1.82) is 0 Å². The lowest BCUT2D eigenvalue weighted by atomic mass is 9.98. The summed E-state index contributed by atoms with van der Waals surface area (Å²) in [4.78, 5) is 63.9. The molecule has 0 bridgehead atoms. The number of fused-ring (bicyclic) bond motifs is 1. The molecule has 3 atom stereocenters. The van der Waals surface area contributed by atoms with Crippen molar-refractivity contribution in [2.45, 2.75) is 36.6 Å². The van der Waals surface area contributed by atoms with Gasteiger partial charge in [-0.3, -0.25) is 19.2 Å². The normalized spacial score (nSPS) is 13.4. The molecular formula is C26H27N3O8S. The molecule has 2 amide bonds. The van der Waals surface area contributed by atoms with Crippen LogP contribution in [-0.4, -0.2) is 67.4 Å². The number of aromatic amines is 1. The van der Waals surface area contributed by atoms with Crippen molar-refractivity contribution in [3.63, 3.8) is 0 Å². The van der Waals surface area contributed by atoms with Gasteiger partial charge in [0, 0.05) is 29.9 Å². The van der Waals surface area contributed by atoms with Crippen LogP contribution >= 0.6 is 12.6 Å². The number of aromatic nitrogens is 1. The fraction of sp³-hybridized carbons (Fsp3) is 0.269. The van der Waals surface area contributed by atoms with Gasteiger partial charge < -0.3 is 30.9 Å². The summed E-state index contributed by atoms with van der Waals surface area (Å²) < 4.78 is 0. The maximum atomic E-state index is 13.1. The standard InChI is InChI=1S/C26H27N3O8S/c30-22(29-20(26(36)37)11-15-13-27-18-9-5-4-8-16(15)18)19(12-17(24(32)33)25(34)35)28-23(31)21(38)10-14-6-2-1-3-7-14/h1-9,13,17,19-21,27,38H,10-12H2,(H,28,31)(H,29,30)(H,32,33)(H,34,35)(H,36,37).